The highest BCUT2D eigenvalue weighted by Crippen LogP contribution is 2.04. The van der Waals surface area contributed by atoms with Crippen LogP contribution in [-0.4, -0.2) is 35.6 Å². The summed E-state index contributed by atoms with van der Waals surface area (Å²) in [6.45, 7) is 0.711. The summed E-state index contributed by atoms with van der Waals surface area (Å²) in [5, 5.41) is 8.95. The van der Waals surface area contributed by atoms with Crippen molar-refractivity contribution in [2.24, 2.45) is 0 Å². The minimum absolute atomic E-state index is 0.165. The molecule has 68 valence electrons. The first kappa shape index (κ1) is 9.56. The molecule has 0 aromatic carbocycles. The van der Waals surface area contributed by atoms with Crippen LogP contribution in [-0.2, 0) is 0 Å². The Morgan fingerprint density at radius 1 is 1.46 bits per heavy atom. The van der Waals surface area contributed by atoms with Crippen LogP contribution in [0.4, 0.5) is 0 Å². The zero-order chi connectivity index (χ0) is 9.68. The van der Waals surface area contributed by atoms with E-state index in [4.69, 9.17) is 5.11 Å². The van der Waals surface area contributed by atoms with Crippen LogP contribution >= 0.6 is 0 Å². The van der Waals surface area contributed by atoms with E-state index in [0.717, 1.165) is 0 Å². The summed E-state index contributed by atoms with van der Waals surface area (Å²) in [6.07, 6.45) is 1.39. The predicted molar refractivity (Wildman–Crippen MR) is 51.3 cm³/mol. The van der Waals surface area contributed by atoms with Crippen molar-refractivity contribution in [1.82, 2.24) is 9.88 Å². The van der Waals surface area contributed by atoms with Crippen molar-refractivity contribution in [2.75, 3.05) is 20.6 Å². The van der Waals surface area contributed by atoms with Gasteiger partial charge in [0.25, 0.3) is 0 Å². The van der Waals surface area contributed by atoms with Gasteiger partial charge in [-0.2, -0.15) is 0 Å². The molecule has 0 amide bonds. The van der Waals surface area contributed by atoms with E-state index < -0.39 is 0 Å². The van der Waals surface area contributed by atoms with Gasteiger partial charge in [-0.3, -0.25) is 4.90 Å². The maximum atomic E-state index is 8.95. The lowest BCUT2D eigenvalue weighted by atomic mass is 10.3. The minimum Gasteiger partial charge on any atom is -0.506 e. The van der Waals surface area contributed by atoms with Crippen molar-refractivity contribution in [1.29, 1.82) is 0 Å². The second-order valence-electron chi connectivity index (χ2n) is 2.94. The molecule has 3 heteroatoms. The van der Waals surface area contributed by atoms with Crippen LogP contribution in [0.5, 0.6) is 5.75 Å². The summed E-state index contributed by atoms with van der Waals surface area (Å²) >= 11 is 0. The molecule has 0 atom stereocenters. The molecule has 1 rings (SSSR count). The lowest BCUT2D eigenvalue weighted by Crippen LogP contribution is -2.10. The van der Waals surface area contributed by atoms with Crippen LogP contribution < -0.4 is 0 Å². The zero-order valence-corrected chi connectivity index (χ0v) is 7.78. The van der Waals surface area contributed by atoms with E-state index in [2.05, 4.69) is 16.8 Å². The highest BCUT2D eigenvalue weighted by molar-refractivity contribution is 5.30. The summed E-state index contributed by atoms with van der Waals surface area (Å²) in [5.41, 5.74) is 0.680. The van der Waals surface area contributed by atoms with Gasteiger partial charge >= 0.3 is 0 Å². The number of aromatic hydroxyl groups is 1. The van der Waals surface area contributed by atoms with Gasteiger partial charge in [0.1, 0.15) is 11.4 Å². The molecule has 0 aliphatic carbocycles. The molecular formula is C10H12N2O. The molecule has 1 aromatic rings. The van der Waals surface area contributed by atoms with E-state index in [0.29, 0.717) is 12.2 Å². The Morgan fingerprint density at radius 3 is 2.77 bits per heavy atom. The molecule has 1 aromatic heterocycles. The van der Waals surface area contributed by atoms with Crippen LogP contribution in [0.2, 0.25) is 0 Å². The summed E-state index contributed by atoms with van der Waals surface area (Å²) in [5.74, 6) is 6.01. The number of rotatable bonds is 1. The first-order chi connectivity index (χ1) is 6.18. The average Bonchev–Trinajstić information content (AvgIpc) is 2.08. The standard InChI is InChI=1S/C10H12N2O/c1-12(2)7-3-4-9-5-6-10(13)8-11-9/h5-6,8,13H,7H2,1-2H3. The first-order valence-electron chi connectivity index (χ1n) is 3.97. The van der Waals surface area contributed by atoms with Crippen LogP contribution in [0.3, 0.4) is 0 Å². The first-order valence-corrected chi connectivity index (χ1v) is 3.97. The molecule has 0 saturated heterocycles. The lowest BCUT2D eigenvalue weighted by Gasteiger charge is -2.00. The van der Waals surface area contributed by atoms with Crippen molar-refractivity contribution >= 4 is 0 Å². The largest absolute Gasteiger partial charge is 0.506 e. The third-order valence-corrected chi connectivity index (χ3v) is 1.36. The quantitative estimate of drug-likeness (QED) is 0.640. The van der Waals surface area contributed by atoms with Crippen molar-refractivity contribution in [2.45, 2.75) is 0 Å². The summed E-state index contributed by atoms with van der Waals surface area (Å²) < 4.78 is 0. The van der Waals surface area contributed by atoms with E-state index in [1.807, 2.05) is 19.0 Å². The third kappa shape index (κ3) is 3.59. The topological polar surface area (TPSA) is 36.4 Å². The van der Waals surface area contributed by atoms with Crippen molar-refractivity contribution in [3.8, 4) is 17.6 Å². The van der Waals surface area contributed by atoms with Gasteiger partial charge in [0.2, 0.25) is 0 Å². The third-order valence-electron chi connectivity index (χ3n) is 1.36. The van der Waals surface area contributed by atoms with E-state index in [-0.39, 0.29) is 5.75 Å². The molecule has 1 heterocycles. The van der Waals surface area contributed by atoms with Crippen LogP contribution in [0, 0.1) is 11.8 Å². The number of nitrogens with zero attached hydrogens (tertiary/aromatic N) is 2. The molecule has 1 N–H and O–H groups in total. The molecule has 0 saturated carbocycles. The second kappa shape index (κ2) is 4.48. The molecule has 13 heavy (non-hydrogen) atoms. The Bertz CT molecular complexity index is 319. The minimum atomic E-state index is 0.165. The average molecular weight is 176 g/mol. The Hall–Kier alpha value is -1.53. The van der Waals surface area contributed by atoms with Gasteiger partial charge in [-0.05, 0) is 32.1 Å². The molecule has 3 nitrogen and oxygen atoms in total. The van der Waals surface area contributed by atoms with Gasteiger partial charge < -0.3 is 5.11 Å². The molecule has 0 radical (unpaired) electrons. The smallest absolute Gasteiger partial charge is 0.133 e. The molecule has 0 aliphatic rings. The van der Waals surface area contributed by atoms with Gasteiger partial charge in [-0.1, -0.05) is 5.92 Å². The van der Waals surface area contributed by atoms with Gasteiger partial charge in [-0.25, -0.2) is 4.98 Å². The second-order valence-corrected chi connectivity index (χ2v) is 2.94. The van der Waals surface area contributed by atoms with Crippen molar-refractivity contribution in [3.05, 3.63) is 24.0 Å². The van der Waals surface area contributed by atoms with Crippen molar-refractivity contribution in [3.63, 3.8) is 0 Å². The zero-order valence-electron chi connectivity index (χ0n) is 7.78. The summed E-state index contributed by atoms with van der Waals surface area (Å²) in [6, 6.07) is 3.27. The van der Waals surface area contributed by atoms with Crippen LogP contribution in [0.25, 0.3) is 0 Å². The molecular weight excluding hydrogens is 164 g/mol. The molecule has 0 fully saturated rings. The van der Waals surface area contributed by atoms with Gasteiger partial charge in [0, 0.05) is 0 Å². The number of hydrogen-bond donors (Lipinski definition) is 1. The fourth-order valence-electron chi connectivity index (χ4n) is 0.748. The summed E-state index contributed by atoms with van der Waals surface area (Å²) in [7, 11) is 3.91. The Kier molecular flexibility index (Phi) is 3.30. The summed E-state index contributed by atoms with van der Waals surface area (Å²) in [4.78, 5) is 5.91. The molecule has 0 aliphatic heterocycles. The predicted octanol–water partition coefficient (Wildman–Crippen LogP) is 0.700. The van der Waals surface area contributed by atoms with Crippen LogP contribution in [0.15, 0.2) is 18.3 Å². The fourth-order valence-corrected chi connectivity index (χ4v) is 0.748. The van der Waals surface area contributed by atoms with E-state index in [9.17, 15) is 0 Å². The highest BCUT2D eigenvalue weighted by atomic mass is 16.3. The lowest BCUT2D eigenvalue weighted by molar-refractivity contribution is 0.464. The van der Waals surface area contributed by atoms with E-state index >= 15 is 0 Å². The molecule has 0 spiro atoms. The van der Waals surface area contributed by atoms with Gasteiger partial charge in [-0.15, -0.1) is 0 Å². The van der Waals surface area contributed by atoms with Crippen LogP contribution in [0.1, 0.15) is 5.69 Å². The van der Waals surface area contributed by atoms with E-state index in [1.54, 1.807) is 12.1 Å². The maximum absolute atomic E-state index is 8.95. The van der Waals surface area contributed by atoms with E-state index in [1.165, 1.54) is 6.20 Å². The monoisotopic (exact) mass is 176 g/mol. The number of aromatic nitrogens is 1. The number of hydrogen-bond acceptors (Lipinski definition) is 3. The number of pyridine rings is 1. The Balaban J connectivity index is 2.62. The molecule has 0 bridgehead atoms. The SMILES string of the molecule is CN(C)CC#Cc1ccc(O)cn1. The van der Waals surface area contributed by atoms with Gasteiger partial charge in [0.15, 0.2) is 0 Å². The maximum Gasteiger partial charge on any atom is 0.133 e. The van der Waals surface area contributed by atoms with Crippen molar-refractivity contribution < 1.29 is 5.11 Å². The fraction of sp³-hybridized carbons (Fsp3) is 0.300. The molecule has 0 unspecified atom stereocenters. The van der Waals surface area contributed by atoms with Gasteiger partial charge in [0.05, 0.1) is 12.7 Å². The Morgan fingerprint density at radius 2 is 2.23 bits per heavy atom. The normalized spacial score (nSPS) is 9.46. The highest BCUT2D eigenvalue weighted by Gasteiger charge is 1.88. The Labute approximate surface area is 78.0 Å².